The predicted molar refractivity (Wildman–Crippen MR) is 62.3 cm³/mol. The molecule has 6 heteroatoms. The summed E-state index contributed by atoms with van der Waals surface area (Å²) in [5.41, 5.74) is 6.38. The zero-order chi connectivity index (χ0) is 11.5. The molecule has 0 aliphatic rings. The summed E-state index contributed by atoms with van der Waals surface area (Å²) < 4.78 is 1.85. The van der Waals surface area contributed by atoms with Crippen LogP contribution in [-0.4, -0.2) is 39.7 Å². The van der Waals surface area contributed by atoms with Crippen LogP contribution in [0.15, 0.2) is 18.7 Å². The van der Waals surface area contributed by atoms with Crippen LogP contribution >= 0.6 is 0 Å². The van der Waals surface area contributed by atoms with E-state index in [1.165, 1.54) is 0 Å². The third-order valence-corrected chi connectivity index (χ3v) is 2.55. The van der Waals surface area contributed by atoms with E-state index in [-0.39, 0.29) is 0 Å². The van der Waals surface area contributed by atoms with Gasteiger partial charge in [-0.05, 0) is 12.5 Å². The van der Waals surface area contributed by atoms with Crippen LogP contribution in [0, 0.1) is 5.92 Å². The van der Waals surface area contributed by atoms with Gasteiger partial charge in [-0.15, -0.1) is 10.2 Å². The molecule has 0 aliphatic heterocycles. The van der Waals surface area contributed by atoms with Gasteiger partial charge in [0.2, 0.25) is 5.65 Å². The Balaban J connectivity index is 2.28. The summed E-state index contributed by atoms with van der Waals surface area (Å²) >= 11 is 0. The standard InChI is InChI=1S/C10H16N6/c1-8(5-11)6-15(2)9-10-14-13-7-16(10)4-3-12-9/h3-4,7-8H,5-6,11H2,1-2H3. The fourth-order valence-corrected chi connectivity index (χ4v) is 1.64. The molecule has 0 aliphatic carbocycles. The first-order chi connectivity index (χ1) is 7.72. The van der Waals surface area contributed by atoms with Crippen LogP contribution in [-0.2, 0) is 0 Å². The highest BCUT2D eigenvalue weighted by molar-refractivity contribution is 5.62. The Morgan fingerprint density at radius 2 is 2.38 bits per heavy atom. The molecule has 6 nitrogen and oxygen atoms in total. The fraction of sp³-hybridized carbons (Fsp3) is 0.500. The van der Waals surface area contributed by atoms with Crippen LogP contribution < -0.4 is 10.6 Å². The molecule has 0 bridgehead atoms. The average Bonchev–Trinajstić information content (AvgIpc) is 2.76. The lowest BCUT2D eigenvalue weighted by Crippen LogP contribution is -2.29. The number of nitrogens with zero attached hydrogens (tertiary/aromatic N) is 5. The van der Waals surface area contributed by atoms with E-state index < -0.39 is 0 Å². The molecule has 0 saturated carbocycles. The summed E-state index contributed by atoms with van der Waals surface area (Å²) in [5, 5.41) is 7.92. The highest BCUT2D eigenvalue weighted by Gasteiger charge is 2.11. The maximum atomic E-state index is 5.61. The van der Waals surface area contributed by atoms with Gasteiger partial charge in [0.1, 0.15) is 6.33 Å². The van der Waals surface area contributed by atoms with Crippen LogP contribution in [0.4, 0.5) is 5.82 Å². The summed E-state index contributed by atoms with van der Waals surface area (Å²) in [4.78, 5) is 6.39. The lowest BCUT2D eigenvalue weighted by Gasteiger charge is -2.21. The van der Waals surface area contributed by atoms with Crippen LogP contribution in [0.2, 0.25) is 0 Å². The molecule has 2 rings (SSSR count). The Bertz CT molecular complexity index is 465. The first-order valence-electron chi connectivity index (χ1n) is 5.28. The van der Waals surface area contributed by atoms with E-state index in [0.29, 0.717) is 12.5 Å². The summed E-state index contributed by atoms with van der Waals surface area (Å²) in [7, 11) is 1.99. The van der Waals surface area contributed by atoms with E-state index in [1.54, 1.807) is 12.5 Å². The van der Waals surface area contributed by atoms with E-state index in [1.807, 2.05) is 17.6 Å². The van der Waals surface area contributed by atoms with Crippen molar-refractivity contribution < 1.29 is 0 Å². The van der Waals surface area contributed by atoms with Crippen molar-refractivity contribution in [1.82, 2.24) is 19.6 Å². The molecule has 0 amide bonds. The second-order valence-electron chi connectivity index (χ2n) is 4.03. The molecular weight excluding hydrogens is 204 g/mol. The van der Waals surface area contributed by atoms with Crippen LogP contribution in [0.3, 0.4) is 0 Å². The molecule has 0 saturated heterocycles. The maximum Gasteiger partial charge on any atom is 0.203 e. The van der Waals surface area contributed by atoms with Crippen LogP contribution in [0.1, 0.15) is 6.92 Å². The molecule has 0 spiro atoms. The molecule has 0 radical (unpaired) electrons. The number of hydrogen-bond acceptors (Lipinski definition) is 5. The number of rotatable bonds is 4. The molecule has 2 aromatic heterocycles. The van der Waals surface area contributed by atoms with Gasteiger partial charge in [0.05, 0.1) is 0 Å². The van der Waals surface area contributed by atoms with Gasteiger partial charge < -0.3 is 10.6 Å². The van der Waals surface area contributed by atoms with E-state index in [2.05, 4.69) is 27.0 Å². The predicted octanol–water partition coefficient (Wildman–Crippen LogP) is 0.155. The largest absolute Gasteiger partial charge is 0.356 e. The van der Waals surface area contributed by atoms with Crippen molar-refractivity contribution in [3.05, 3.63) is 18.7 Å². The zero-order valence-corrected chi connectivity index (χ0v) is 9.54. The summed E-state index contributed by atoms with van der Waals surface area (Å²) in [6.07, 6.45) is 5.25. The van der Waals surface area contributed by atoms with Gasteiger partial charge >= 0.3 is 0 Å². The molecule has 0 aromatic carbocycles. The highest BCUT2D eigenvalue weighted by Crippen LogP contribution is 2.15. The van der Waals surface area contributed by atoms with Crippen molar-refractivity contribution in [1.29, 1.82) is 0 Å². The third-order valence-electron chi connectivity index (χ3n) is 2.55. The molecule has 2 heterocycles. The Morgan fingerprint density at radius 1 is 1.56 bits per heavy atom. The van der Waals surface area contributed by atoms with Gasteiger partial charge in [0, 0.05) is 26.0 Å². The first-order valence-corrected chi connectivity index (χ1v) is 5.28. The van der Waals surface area contributed by atoms with E-state index in [4.69, 9.17) is 5.73 Å². The van der Waals surface area contributed by atoms with Gasteiger partial charge in [-0.1, -0.05) is 6.92 Å². The van der Waals surface area contributed by atoms with E-state index in [9.17, 15) is 0 Å². The average molecular weight is 220 g/mol. The molecule has 2 aromatic rings. The molecule has 1 unspecified atom stereocenters. The van der Waals surface area contributed by atoms with Gasteiger partial charge in [-0.25, -0.2) is 4.98 Å². The van der Waals surface area contributed by atoms with Crippen LogP contribution in [0.25, 0.3) is 5.65 Å². The zero-order valence-electron chi connectivity index (χ0n) is 9.54. The van der Waals surface area contributed by atoms with E-state index >= 15 is 0 Å². The fourth-order valence-electron chi connectivity index (χ4n) is 1.64. The van der Waals surface area contributed by atoms with E-state index in [0.717, 1.165) is 18.0 Å². The minimum atomic E-state index is 0.426. The highest BCUT2D eigenvalue weighted by atomic mass is 15.3. The lowest BCUT2D eigenvalue weighted by atomic mass is 10.2. The second kappa shape index (κ2) is 4.44. The van der Waals surface area contributed by atoms with Crippen molar-refractivity contribution >= 4 is 11.5 Å². The normalized spacial score (nSPS) is 12.9. The number of anilines is 1. The summed E-state index contributed by atoms with van der Waals surface area (Å²) in [5.74, 6) is 1.26. The lowest BCUT2D eigenvalue weighted by molar-refractivity contribution is 0.587. The molecule has 2 N–H and O–H groups in total. The molecule has 0 fully saturated rings. The van der Waals surface area contributed by atoms with Gasteiger partial charge in [0.15, 0.2) is 5.82 Å². The third kappa shape index (κ3) is 1.96. The van der Waals surface area contributed by atoms with Crippen LogP contribution in [0.5, 0.6) is 0 Å². The molecular formula is C10H16N6. The van der Waals surface area contributed by atoms with Crippen molar-refractivity contribution in [2.45, 2.75) is 6.92 Å². The first kappa shape index (κ1) is 10.8. The minimum Gasteiger partial charge on any atom is -0.356 e. The van der Waals surface area contributed by atoms with Gasteiger partial charge in [-0.3, -0.25) is 4.40 Å². The monoisotopic (exact) mass is 220 g/mol. The SMILES string of the molecule is CC(CN)CN(C)c1nccn2cnnc12. The summed E-state index contributed by atoms with van der Waals surface area (Å²) in [6, 6.07) is 0. The summed E-state index contributed by atoms with van der Waals surface area (Å²) in [6.45, 7) is 3.64. The van der Waals surface area contributed by atoms with Gasteiger partial charge in [-0.2, -0.15) is 0 Å². The quantitative estimate of drug-likeness (QED) is 0.794. The number of aromatic nitrogens is 4. The number of fused-ring (bicyclic) bond motifs is 1. The molecule has 1 atom stereocenters. The van der Waals surface area contributed by atoms with Crippen molar-refractivity contribution in [3.8, 4) is 0 Å². The smallest absolute Gasteiger partial charge is 0.203 e. The number of hydrogen-bond donors (Lipinski definition) is 1. The Morgan fingerprint density at radius 3 is 3.12 bits per heavy atom. The minimum absolute atomic E-state index is 0.426. The van der Waals surface area contributed by atoms with Crippen molar-refractivity contribution in [2.24, 2.45) is 11.7 Å². The number of nitrogens with two attached hydrogens (primary N) is 1. The van der Waals surface area contributed by atoms with Crippen molar-refractivity contribution in [2.75, 3.05) is 25.0 Å². The Hall–Kier alpha value is -1.69. The second-order valence-corrected chi connectivity index (χ2v) is 4.03. The Labute approximate surface area is 94.1 Å². The topological polar surface area (TPSA) is 72.3 Å². The molecule has 86 valence electrons. The Kier molecular flexibility index (Phi) is 3.00. The van der Waals surface area contributed by atoms with Gasteiger partial charge in [0.25, 0.3) is 0 Å². The van der Waals surface area contributed by atoms with Crippen molar-refractivity contribution in [3.63, 3.8) is 0 Å². The maximum absolute atomic E-state index is 5.61. The molecule has 16 heavy (non-hydrogen) atoms.